The first-order chi connectivity index (χ1) is 7.31. The summed E-state index contributed by atoms with van der Waals surface area (Å²) < 4.78 is 0. The Kier molecular flexibility index (Phi) is 12.0. The van der Waals surface area contributed by atoms with Gasteiger partial charge in [0.2, 0.25) is 0 Å². The summed E-state index contributed by atoms with van der Waals surface area (Å²) in [6, 6.07) is 0.725. The van der Waals surface area contributed by atoms with Crippen molar-refractivity contribution in [1.29, 1.82) is 0 Å². The summed E-state index contributed by atoms with van der Waals surface area (Å²) in [5.74, 6) is 0. The Bertz CT molecular complexity index is 112. The fourth-order valence-electron chi connectivity index (χ4n) is 1.86. The SMILES string of the molecule is CCCCCCCCC(C)NCCCC. The summed E-state index contributed by atoms with van der Waals surface area (Å²) >= 11 is 0. The highest BCUT2D eigenvalue weighted by atomic mass is 14.9. The van der Waals surface area contributed by atoms with E-state index in [9.17, 15) is 0 Å². The number of hydrogen-bond donors (Lipinski definition) is 1. The van der Waals surface area contributed by atoms with Crippen molar-refractivity contribution < 1.29 is 0 Å². The second-order valence-corrected chi connectivity index (χ2v) is 4.77. The molecule has 0 aromatic rings. The van der Waals surface area contributed by atoms with Gasteiger partial charge in [0.05, 0.1) is 0 Å². The van der Waals surface area contributed by atoms with Gasteiger partial charge in [-0.2, -0.15) is 0 Å². The molecule has 1 unspecified atom stereocenters. The van der Waals surface area contributed by atoms with Crippen LogP contribution in [0, 0.1) is 0 Å². The molecule has 0 aromatic heterocycles. The third-order valence-corrected chi connectivity index (χ3v) is 3.01. The average molecular weight is 213 g/mol. The van der Waals surface area contributed by atoms with Crippen LogP contribution in [-0.4, -0.2) is 12.6 Å². The van der Waals surface area contributed by atoms with Crippen LogP contribution >= 0.6 is 0 Å². The molecule has 0 radical (unpaired) electrons. The predicted molar refractivity (Wildman–Crippen MR) is 70.4 cm³/mol. The molecule has 0 heterocycles. The number of rotatable bonds is 11. The molecule has 0 saturated heterocycles. The van der Waals surface area contributed by atoms with Gasteiger partial charge in [-0.15, -0.1) is 0 Å². The molecule has 0 fully saturated rings. The maximum atomic E-state index is 3.59. The highest BCUT2D eigenvalue weighted by Crippen LogP contribution is 2.08. The molecule has 0 aromatic carbocycles. The number of nitrogens with one attached hydrogen (secondary N) is 1. The van der Waals surface area contributed by atoms with Crippen molar-refractivity contribution >= 4 is 0 Å². The molecule has 92 valence electrons. The van der Waals surface area contributed by atoms with E-state index in [1.54, 1.807) is 0 Å². The molecule has 0 aliphatic heterocycles. The zero-order valence-electron chi connectivity index (χ0n) is 11.1. The average Bonchev–Trinajstić information content (AvgIpc) is 2.23. The molecule has 1 N–H and O–H groups in total. The van der Waals surface area contributed by atoms with Gasteiger partial charge in [0.15, 0.2) is 0 Å². The molecule has 0 saturated carbocycles. The van der Waals surface area contributed by atoms with E-state index < -0.39 is 0 Å². The van der Waals surface area contributed by atoms with Crippen molar-refractivity contribution in [3.05, 3.63) is 0 Å². The second-order valence-electron chi connectivity index (χ2n) is 4.77. The molecule has 1 atom stereocenters. The van der Waals surface area contributed by atoms with Gasteiger partial charge in [0, 0.05) is 6.04 Å². The van der Waals surface area contributed by atoms with Crippen molar-refractivity contribution in [1.82, 2.24) is 5.32 Å². The summed E-state index contributed by atoms with van der Waals surface area (Å²) in [6.45, 7) is 8.05. The maximum Gasteiger partial charge on any atom is 0.00387 e. The van der Waals surface area contributed by atoms with Gasteiger partial charge in [0.25, 0.3) is 0 Å². The van der Waals surface area contributed by atoms with E-state index in [0.717, 1.165) is 6.04 Å². The minimum absolute atomic E-state index is 0.725. The summed E-state index contributed by atoms with van der Waals surface area (Å²) in [5, 5.41) is 3.59. The number of hydrogen-bond acceptors (Lipinski definition) is 1. The molecule has 0 aliphatic carbocycles. The summed E-state index contributed by atoms with van der Waals surface area (Å²) in [6.07, 6.45) is 12.5. The molecular formula is C14H31N. The lowest BCUT2D eigenvalue weighted by molar-refractivity contribution is 0.473. The van der Waals surface area contributed by atoms with Crippen molar-refractivity contribution in [3.8, 4) is 0 Å². The van der Waals surface area contributed by atoms with E-state index in [2.05, 4.69) is 26.1 Å². The number of unbranched alkanes of at least 4 members (excludes halogenated alkanes) is 6. The molecule has 0 amide bonds. The van der Waals surface area contributed by atoms with Crippen molar-refractivity contribution in [2.45, 2.75) is 84.6 Å². The van der Waals surface area contributed by atoms with Gasteiger partial charge in [-0.25, -0.2) is 0 Å². The highest BCUT2D eigenvalue weighted by molar-refractivity contribution is 4.60. The zero-order valence-corrected chi connectivity index (χ0v) is 11.1. The minimum Gasteiger partial charge on any atom is -0.314 e. The molecule has 1 nitrogen and oxygen atoms in total. The quantitative estimate of drug-likeness (QED) is 0.498. The van der Waals surface area contributed by atoms with E-state index in [1.807, 2.05) is 0 Å². The molecule has 0 rings (SSSR count). The van der Waals surface area contributed by atoms with Crippen LogP contribution in [0.5, 0.6) is 0 Å². The maximum absolute atomic E-state index is 3.59. The summed E-state index contributed by atoms with van der Waals surface area (Å²) in [4.78, 5) is 0. The van der Waals surface area contributed by atoms with Gasteiger partial charge in [-0.05, 0) is 26.3 Å². The van der Waals surface area contributed by atoms with Crippen molar-refractivity contribution in [2.24, 2.45) is 0 Å². The smallest absolute Gasteiger partial charge is 0.00387 e. The minimum atomic E-state index is 0.725. The molecule has 0 spiro atoms. The molecule has 0 bridgehead atoms. The topological polar surface area (TPSA) is 12.0 Å². The fraction of sp³-hybridized carbons (Fsp3) is 1.00. The van der Waals surface area contributed by atoms with Crippen LogP contribution in [0.3, 0.4) is 0 Å². The largest absolute Gasteiger partial charge is 0.314 e. The zero-order chi connectivity index (χ0) is 11.4. The Hall–Kier alpha value is -0.0400. The third kappa shape index (κ3) is 11.9. The van der Waals surface area contributed by atoms with E-state index in [0.29, 0.717) is 0 Å². The monoisotopic (exact) mass is 213 g/mol. The summed E-state index contributed by atoms with van der Waals surface area (Å²) in [5.41, 5.74) is 0. The van der Waals surface area contributed by atoms with Crippen LogP contribution in [0.25, 0.3) is 0 Å². The summed E-state index contributed by atoms with van der Waals surface area (Å²) in [7, 11) is 0. The molecule has 1 heteroatoms. The van der Waals surface area contributed by atoms with E-state index >= 15 is 0 Å². The Morgan fingerprint density at radius 2 is 1.40 bits per heavy atom. The van der Waals surface area contributed by atoms with Crippen LogP contribution in [0.2, 0.25) is 0 Å². The third-order valence-electron chi connectivity index (χ3n) is 3.01. The second kappa shape index (κ2) is 12.0. The molecule has 15 heavy (non-hydrogen) atoms. The van der Waals surface area contributed by atoms with Crippen molar-refractivity contribution in [3.63, 3.8) is 0 Å². The standard InChI is InChI=1S/C14H31N/c1-4-6-8-9-10-11-12-14(3)15-13-7-5-2/h14-15H,4-13H2,1-3H3. The first-order valence-corrected chi connectivity index (χ1v) is 7.04. The molecule has 0 aliphatic rings. The highest BCUT2D eigenvalue weighted by Gasteiger charge is 1.99. The van der Waals surface area contributed by atoms with E-state index in [-0.39, 0.29) is 0 Å². The van der Waals surface area contributed by atoms with Crippen LogP contribution in [0.15, 0.2) is 0 Å². The Labute approximate surface area is 97.0 Å². The normalized spacial score (nSPS) is 13.0. The van der Waals surface area contributed by atoms with Gasteiger partial charge in [-0.3, -0.25) is 0 Å². The lowest BCUT2D eigenvalue weighted by Gasteiger charge is -2.12. The Morgan fingerprint density at radius 3 is 2.07 bits per heavy atom. The van der Waals surface area contributed by atoms with E-state index in [4.69, 9.17) is 0 Å². The Balaban J connectivity index is 3.06. The van der Waals surface area contributed by atoms with Crippen molar-refractivity contribution in [2.75, 3.05) is 6.54 Å². The van der Waals surface area contributed by atoms with Crippen LogP contribution in [-0.2, 0) is 0 Å². The fourth-order valence-corrected chi connectivity index (χ4v) is 1.86. The van der Waals surface area contributed by atoms with Gasteiger partial charge in [-0.1, -0.05) is 58.8 Å². The lowest BCUT2D eigenvalue weighted by Crippen LogP contribution is -2.26. The van der Waals surface area contributed by atoms with Crippen LogP contribution in [0.4, 0.5) is 0 Å². The first-order valence-electron chi connectivity index (χ1n) is 7.04. The van der Waals surface area contributed by atoms with Crippen LogP contribution in [0.1, 0.15) is 78.6 Å². The van der Waals surface area contributed by atoms with Crippen LogP contribution < -0.4 is 5.32 Å². The van der Waals surface area contributed by atoms with Gasteiger partial charge in [0.1, 0.15) is 0 Å². The van der Waals surface area contributed by atoms with Gasteiger partial charge < -0.3 is 5.32 Å². The predicted octanol–water partition coefficient (Wildman–Crippen LogP) is 4.52. The van der Waals surface area contributed by atoms with Gasteiger partial charge >= 0.3 is 0 Å². The van der Waals surface area contributed by atoms with E-state index in [1.165, 1.54) is 64.3 Å². The molecular weight excluding hydrogens is 182 g/mol. The Morgan fingerprint density at radius 1 is 0.800 bits per heavy atom. The lowest BCUT2D eigenvalue weighted by atomic mass is 10.1. The first kappa shape index (κ1) is 15.0.